The molecule has 0 spiro atoms. The summed E-state index contributed by atoms with van der Waals surface area (Å²) in [5.74, 6) is 2.24. The summed E-state index contributed by atoms with van der Waals surface area (Å²) in [5, 5.41) is 3.57. The van der Waals surface area contributed by atoms with Gasteiger partial charge in [0.25, 0.3) is 0 Å². The van der Waals surface area contributed by atoms with Gasteiger partial charge < -0.3 is 5.32 Å². The number of hydrogen-bond acceptors (Lipinski definition) is 2. The first kappa shape index (κ1) is 14.0. The molecule has 19 heavy (non-hydrogen) atoms. The van der Waals surface area contributed by atoms with Crippen molar-refractivity contribution in [3.8, 4) is 0 Å². The highest BCUT2D eigenvalue weighted by Gasteiger charge is 2.20. The van der Waals surface area contributed by atoms with Gasteiger partial charge in [0.05, 0.1) is 0 Å². The lowest BCUT2D eigenvalue weighted by molar-refractivity contribution is 0.623. The van der Waals surface area contributed by atoms with Crippen LogP contribution in [0.5, 0.6) is 0 Å². The average Bonchev–Trinajstić information content (AvgIpc) is 3.10. The number of hydrogen-bond donors (Lipinski definition) is 1. The fraction of sp³-hybridized carbons (Fsp3) is 0.625. The number of benzene rings is 1. The highest BCUT2D eigenvalue weighted by molar-refractivity contribution is 9.10. The van der Waals surface area contributed by atoms with E-state index in [9.17, 15) is 0 Å². The topological polar surface area (TPSA) is 12.0 Å². The molecule has 1 aromatic carbocycles. The lowest BCUT2D eigenvalue weighted by Crippen LogP contribution is -2.15. The van der Waals surface area contributed by atoms with E-state index in [0.29, 0.717) is 0 Å². The minimum atomic E-state index is 0.787. The van der Waals surface area contributed by atoms with Gasteiger partial charge in [-0.15, -0.1) is 11.8 Å². The Morgan fingerprint density at radius 1 is 1.16 bits per heavy atom. The van der Waals surface area contributed by atoms with Gasteiger partial charge in [0.2, 0.25) is 0 Å². The zero-order valence-corrected chi connectivity index (χ0v) is 13.7. The van der Waals surface area contributed by atoms with E-state index in [1.807, 2.05) is 11.8 Å². The Labute approximate surface area is 129 Å². The maximum atomic E-state index is 3.73. The molecule has 0 atom stereocenters. The second-order valence-electron chi connectivity index (χ2n) is 5.88. The Morgan fingerprint density at radius 2 is 1.95 bits per heavy atom. The first-order valence-electron chi connectivity index (χ1n) is 7.46. The molecule has 0 saturated heterocycles. The zero-order valence-electron chi connectivity index (χ0n) is 11.3. The molecule has 1 aromatic rings. The molecule has 3 heteroatoms. The summed E-state index contributed by atoms with van der Waals surface area (Å²) in [6, 6.07) is 7.63. The molecular formula is C16H22BrNS. The summed E-state index contributed by atoms with van der Waals surface area (Å²) in [6.45, 7) is 1.01. The van der Waals surface area contributed by atoms with Gasteiger partial charge in [-0.25, -0.2) is 0 Å². The van der Waals surface area contributed by atoms with Crippen molar-refractivity contribution in [3.05, 3.63) is 28.2 Å². The predicted molar refractivity (Wildman–Crippen MR) is 86.7 cm³/mol. The van der Waals surface area contributed by atoms with Crippen LogP contribution in [0, 0.1) is 5.92 Å². The molecule has 1 nitrogen and oxygen atoms in total. The molecule has 0 aromatic heterocycles. The average molecular weight is 340 g/mol. The predicted octanol–water partition coefficient (Wildman–Crippen LogP) is 4.98. The van der Waals surface area contributed by atoms with Gasteiger partial charge >= 0.3 is 0 Å². The quantitative estimate of drug-likeness (QED) is 0.733. The lowest BCUT2D eigenvalue weighted by Gasteiger charge is -2.11. The second kappa shape index (κ2) is 6.64. The summed E-state index contributed by atoms with van der Waals surface area (Å²) >= 11 is 5.75. The van der Waals surface area contributed by atoms with E-state index in [0.717, 1.165) is 18.5 Å². The van der Waals surface area contributed by atoms with E-state index in [-0.39, 0.29) is 0 Å². The Balaban J connectivity index is 1.52. The summed E-state index contributed by atoms with van der Waals surface area (Å²) < 4.78 is 1.27. The van der Waals surface area contributed by atoms with Crippen molar-refractivity contribution in [2.45, 2.75) is 56.0 Å². The van der Waals surface area contributed by atoms with Crippen LogP contribution in [0.4, 0.5) is 0 Å². The Hall–Kier alpha value is 0.01000. The van der Waals surface area contributed by atoms with Crippen LogP contribution >= 0.6 is 27.7 Å². The van der Waals surface area contributed by atoms with Gasteiger partial charge in [0, 0.05) is 27.7 Å². The van der Waals surface area contributed by atoms with Crippen LogP contribution < -0.4 is 5.32 Å². The molecule has 0 unspecified atom stereocenters. The normalized spacial score (nSPS) is 20.1. The van der Waals surface area contributed by atoms with Crippen LogP contribution in [0.3, 0.4) is 0 Å². The van der Waals surface area contributed by atoms with Gasteiger partial charge in [0.1, 0.15) is 0 Å². The van der Waals surface area contributed by atoms with Crippen LogP contribution in [0.1, 0.15) is 44.1 Å². The smallest absolute Gasteiger partial charge is 0.0314 e. The van der Waals surface area contributed by atoms with Crippen molar-refractivity contribution in [3.63, 3.8) is 0 Å². The van der Waals surface area contributed by atoms with Crippen LogP contribution in [-0.4, -0.2) is 11.8 Å². The fourth-order valence-corrected chi connectivity index (χ4v) is 4.58. The number of rotatable bonds is 6. The van der Waals surface area contributed by atoms with Crippen molar-refractivity contribution >= 4 is 27.7 Å². The van der Waals surface area contributed by atoms with E-state index in [4.69, 9.17) is 0 Å². The Bertz CT molecular complexity index is 425. The molecule has 2 aliphatic rings. The van der Waals surface area contributed by atoms with Gasteiger partial charge in [-0.1, -0.05) is 18.9 Å². The lowest BCUT2D eigenvalue weighted by atomic mass is 10.1. The SMILES string of the molecule is Brc1cc(CNC2CC2)ccc1SCC1CCCC1. The molecule has 0 heterocycles. The molecule has 0 aliphatic heterocycles. The van der Waals surface area contributed by atoms with E-state index in [1.54, 1.807) is 0 Å². The number of halogens is 1. The van der Waals surface area contributed by atoms with Gasteiger partial charge in [-0.2, -0.15) is 0 Å². The molecule has 104 valence electrons. The van der Waals surface area contributed by atoms with Gasteiger partial charge in [-0.05, 0) is 65.2 Å². The summed E-state index contributed by atoms with van der Waals surface area (Å²) in [7, 11) is 0. The molecule has 2 fully saturated rings. The molecule has 0 radical (unpaired) electrons. The van der Waals surface area contributed by atoms with Crippen molar-refractivity contribution in [2.75, 3.05) is 5.75 Å². The van der Waals surface area contributed by atoms with Gasteiger partial charge in [-0.3, -0.25) is 0 Å². The molecule has 1 N–H and O–H groups in total. The summed E-state index contributed by atoms with van der Waals surface area (Å²) in [4.78, 5) is 1.40. The van der Waals surface area contributed by atoms with Crippen molar-refractivity contribution < 1.29 is 0 Å². The molecular weight excluding hydrogens is 318 g/mol. The van der Waals surface area contributed by atoms with Crippen molar-refractivity contribution in [1.29, 1.82) is 0 Å². The third kappa shape index (κ3) is 4.24. The van der Waals surface area contributed by atoms with Crippen LogP contribution in [0.2, 0.25) is 0 Å². The zero-order chi connectivity index (χ0) is 13.1. The maximum absolute atomic E-state index is 3.73. The fourth-order valence-electron chi connectivity index (χ4n) is 2.71. The molecule has 2 aliphatic carbocycles. The van der Waals surface area contributed by atoms with Gasteiger partial charge in [0.15, 0.2) is 0 Å². The second-order valence-corrected chi connectivity index (χ2v) is 7.80. The van der Waals surface area contributed by atoms with Crippen molar-refractivity contribution in [1.82, 2.24) is 5.32 Å². The molecule has 0 bridgehead atoms. The first-order valence-corrected chi connectivity index (χ1v) is 9.24. The minimum Gasteiger partial charge on any atom is -0.310 e. The number of thioether (sulfide) groups is 1. The summed E-state index contributed by atoms with van der Waals surface area (Å²) in [6.07, 6.45) is 8.48. The first-order chi connectivity index (χ1) is 9.31. The Morgan fingerprint density at radius 3 is 2.63 bits per heavy atom. The largest absolute Gasteiger partial charge is 0.310 e. The van der Waals surface area contributed by atoms with E-state index in [1.165, 1.54) is 59.2 Å². The monoisotopic (exact) mass is 339 g/mol. The van der Waals surface area contributed by atoms with E-state index in [2.05, 4.69) is 39.4 Å². The highest BCUT2D eigenvalue weighted by Crippen LogP contribution is 2.34. The van der Waals surface area contributed by atoms with Crippen LogP contribution in [-0.2, 0) is 6.54 Å². The third-order valence-corrected chi connectivity index (χ3v) is 6.34. The Kier molecular flexibility index (Phi) is 4.88. The minimum absolute atomic E-state index is 0.787. The van der Waals surface area contributed by atoms with Crippen LogP contribution in [0.25, 0.3) is 0 Å². The summed E-state index contributed by atoms with van der Waals surface area (Å²) in [5.41, 5.74) is 1.39. The van der Waals surface area contributed by atoms with E-state index >= 15 is 0 Å². The molecule has 3 rings (SSSR count). The van der Waals surface area contributed by atoms with E-state index < -0.39 is 0 Å². The number of nitrogens with one attached hydrogen (secondary N) is 1. The van der Waals surface area contributed by atoms with Crippen LogP contribution in [0.15, 0.2) is 27.6 Å². The molecule has 2 saturated carbocycles. The highest BCUT2D eigenvalue weighted by atomic mass is 79.9. The maximum Gasteiger partial charge on any atom is 0.0314 e. The third-order valence-electron chi connectivity index (χ3n) is 4.12. The standard InChI is InChI=1S/C16H22BrNS/c17-15-9-13(10-18-14-6-7-14)5-8-16(15)19-11-12-3-1-2-4-12/h5,8-9,12,14,18H,1-4,6-7,10-11H2. The van der Waals surface area contributed by atoms with Crippen molar-refractivity contribution in [2.24, 2.45) is 5.92 Å². The molecule has 0 amide bonds.